The summed E-state index contributed by atoms with van der Waals surface area (Å²) in [6, 6.07) is -2.18. The van der Waals surface area contributed by atoms with E-state index < -0.39 is 29.8 Å². The van der Waals surface area contributed by atoms with Crippen molar-refractivity contribution in [2.75, 3.05) is 19.6 Å². The predicted octanol–water partition coefficient (Wildman–Crippen LogP) is -2.38. The maximum atomic E-state index is 12.0. The highest BCUT2D eigenvalue weighted by molar-refractivity contribution is 5.93. The van der Waals surface area contributed by atoms with Crippen LogP contribution < -0.4 is 33.6 Å². The van der Waals surface area contributed by atoms with Crippen LogP contribution in [-0.2, 0) is 19.2 Å². The summed E-state index contributed by atoms with van der Waals surface area (Å²) in [5.41, 5.74) is 21.6. The van der Waals surface area contributed by atoms with Gasteiger partial charge in [0.05, 0.1) is 12.5 Å². The molecule has 26 heavy (non-hydrogen) atoms. The molecule has 0 saturated heterocycles. The van der Waals surface area contributed by atoms with Crippen LogP contribution in [0.5, 0.6) is 0 Å². The lowest BCUT2D eigenvalue weighted by Gasteiger charge is -2.17. The maximum absolute atomic E-state index is 12.0. The molecule has 0 saturated carbocycles. The van der Waals surface area contributed by atoms with E-state index in [1.165, 1.54) is 0 Å². The van der Waals surface area contributed by atoms with Crippen LogP contribution in [0.1, 0.15) is 44.9 Å². The molecule has 2 unspecified atom stereocenters. The van der Waals surface area contributed by atoms with Crippen LogP contribution >= 0.6 is 0 Å². The Morgan fingerprint density at radius 2 is 1.54 bits per heavy atom. The number of nitrogens with one attached hydrogen (secondary N) is 2. The molecule has 0 aromatic heterocycles. The third kappa shape index (κ3) is 11.5. The van der Waals surface area contributed by atoms with E-state index in [1.807, 2.05) is 0 Å². The van der Waals surface area contributed by atoms with Crippen molar-refractivity contribution < 1.29 is 19.2 Å². The first-order valence-electron chi connectivity index (χ1n) is 8.85. The minimum atomic E-state index is -1.13. The van der Waals surface area contributed by atoms with Gasteiger partial charge in [0.1, 0.15) is 11.8 Å². The Kier molecular flexibility index (Phi) is 13.1. The second-order valence-corrected chi connectivity index (χ2v) is 6.11. The fourth-order valence-corrected chi connectivity index (χ4v) is 2.19. The van der Waals surface area contributed by atoms with Gasteiger partial charge in [0.2, 0.25) is 17.7 Å². The Morgan fingerprint density at radius 1 is 0.885 bits per heavy atom. The zero-order valence-electron chi connectivity index (χ0n) is 15.2. The number of amides is 3. The summed E-state index contributed by atoms with van der Waals surface area (Å²) in [5, 5.41) is 4.99. The first kappa shape index (κ1) is 24.0. The molecule has 0 spiro atoms. The van der Waals surface area contributed by atoms with Crippen LogP contribution in [0.3, 0.4) is 0 Å². The Bertz CT molecular complexity index is 472. The monoisotopic (exact) mass is 372 g/mol. The van der Waals surface area contributed by atoms with Gasteiger partial charge >= 0.3 is 0 Å². The molecule has 0 aliphatic carbocycles. The van der Waals surface area contributed by atoms with Gasteiger partial charge < -0.3 is 33.6 Å². The summed E-state index contributed by atoms with van der Waals surface area (Å²) in [4.78, 5) is 46.9. The van der Waals surface area contributed by atoms with Gasteiger partial charge in [-0.1, -0.05) is 6.42 Å². The summed E-state index contributed by atoms with van der Waals surface area (Å²) < 4.78 is 0. The fourth-order valence-electron chi connectivity index (χ4n) is 2.19. The molecule has 0 bridgehead atoms. The van der Waals surface area contributed by atoms with Crippen LogP contribution in [0, 0.1) is 0 Å². The van der Waals surface area contributed by atoms with Gasteiger partial charge in [-0.15, -0.1) is 0 Å². The van der Waals surface area contributed by atoms with Crippen molar-refractivity contribution in [3.05, 3.63) is 0 Å². The summed E-state index contributed by atoms with van der Waals surface area (Å²) in [6.45, 7) is 1.41. The Hall–Kier alpha value is -2.04. The number of hydrogen-bond donors (Lipinski definition) is 6. The Morgan fingerprint density at radius 3 is 2.12 bits per heavy atom. The third-order valence-electron chi connectivity index (χ3n) is 3.69. The zero-order valence-corrected chi connectivity index (χ0v) is 15.2. The van der Waals surface area contributed by atoms with Gasteiger partial charge in [0, 0.05) is 19.4 Å². The third-order valence-corrected chi connectivity index (χ3v) is 3.69. The molecule has 0 fully saturated rings. The number of unbranched alkanes of at least 4 members (excludes halogenated alkanes) is 2. The maximum Gasteiger partial charge on any atom is 0.240 e. The molecule has 0 aliphatic rings. The van der Waals surface area contributed by atoms with Crippen LogP contribution in [0.25, 0.3) is 0 Å². The van der Waals surface area contributed by atoms with E-state index in [1.54, 1.807) is 0 Å². The van der Waals surface area contributed by atoms with Crippen molar-refractivity contribution in [1.29, 1.82) is 0 Å². The SMILES string of the molecule is NCCCCCNC(=O)C(N)CC(=O)NC(CC(=O)CCCN)C(N)=O. The normalized spacial score (nSPS) is 12.9. The fraction of sp³-hybridized carbons (Fsp3) is 0.750. The van der Waals surface area contributed by atoms with Crippen LogP contribution in [0.2, 0.25) is 0 Å². The highest BCUT2D eigenvalue weighted by atomic mass is 16.2. The molecular formula is C16H32N6O4. The minimum absolute atomic E-state index is 0.205. The molecule has 0 aromatic rings. The zero-order chi connectivity index (χ0) is 19.9. The number of hydrogen-bond acceptors (Lipinski definition) is 7. The van der Waals surface area contributed by atoms with Crippen LogP contribution in [0.15, 0.2) is 0 Å². The molecule has 0 heterocycles. The van der Waals surface area contributed by atoms with Crippen molar-refractivity contribution >= 4 is 23.5 Å². The van der Waals surface area contributed by atoms with E-state index in [9.17, 15) is 19.2 Å². The van der Waals surface area contributed by atoms with Crippen molar-refractivity contribution in [1.82, 2.24) is 10.6 Å². The van der Waals surface area contributed by atoms with E-state index in [4.69, 9.17) is 22.9 Å². The topological polar surface area (TPSA) is 196 Å². The lowest BCUT2D eigenvalue weighted by molar-refractivity contribution is -0.131. The van der Waals surface area contributed by atoms with Crippen LogP contribution in [-0.4, -0.2) is 55.2 Å². The first-order chi connectivity index (χ1) is 12.3. The average molecular weight is 372 g/mol. The number of primary amides is 1. The second kappa shape index (κ2) is 14.2. The molecular weight excluding hydrogens is 340 g/mol. The largest absolute Gasteiger partial charge is 0.368 e. The molecule has 0 rings (SSSR count). The molecule has 0 aromatic carbocycles. The molecule has 10 nitrogen and oxygen atoms in total. The summed E-state index contributed by atoms with van der Waals surface area (Å²) in [6.07, 6.45) is 2.74. The molecule has 3 amide bonds. The highest BCUT2D eigenvalue weighted by Crippen LogP contribution is 2.01. The lowest BCUT2D eigenvalue weighted by Crippen LogP contribution is -2.49. The second-order valence-electron chi connectivity index (χ2n) is 6.11. The van der Waals surface area contributed by atoms with Gasteiger partial charge in [-0.3, -0.25) is 19.2 Å². The van der Waals surface area contributed by atoms with Gasteiger partial charge in [0.15, 0.2) is 0 Å². The number of nitrogens with two attached hydrogens (primary N) is 4. The summed E-state index contributed by atoms with van der Waals surface area (Å²) >= 11 is 0. The average Bonchev–Trinajstić information content (AvgIpc) is 2.58. The summed E-state index contributed by atoms with van der Waals surface area (Å²) in [7, 11) is 0. The number of carbonyl (C=O) groups is 4. The standard InChI is InChI=1S/C16H32N6O4/c17-6-2-1-3-8-21-16(26)12(19)10-14(24)22-13(15(20)25)9-11(23)5-4-7-18/h12-13H,1-10,17-19H2,(H2,20,25)(H,21,26)(H,22,24). The molecule has 0 radical (unpaired) electrons. The number of rotatable bonds is 15. The predicted molar refractivity (Wildman–Crippen MR) is 97.5 cm³/mol. The van der Waals surface area contributed by atoms with Crippen molar-refractivity contribution in [3.63, 3.8) is 0 Å². The van der Waals surface area contributed by atoms with Crippen molar-refractivity contribution in [2.24, 2.45) is 22.9 Å². The van der Waals surface area contributed by atoms with E-state index >= 15 is 0 Å². The van der Waals surface area contributed by atoms with E-state index in [0.29, 0.717) is 26.1 Å². The minimum Gasteiger partial charge on any atom is -0.368 e. The number of Topliss-reactive ketones (excluding diaryl/α,β-unsaturated/α-hetero) is 1. The van der Waals surface area contributed by atoms with E-state index in [2.05, 4.69) is 10.6 Å². The van der Waals surface area contributed by atoms with Crippen molar-refractivity contribution in [2.45, 2.75) is 57.0 Å². The first-order valence-corrected chi connectivity index (χ1v) is 8.85. The molecule has 150 valence electrons. The van der Waals surface area contributed by atoms with Crippen molar-refractivity contribution in [3.8, 4) is 0 Å². The smallest absolute Gasteiger partial charge is 0.240 e. The van der Waals surface area contributed by atoms with Crippen LogP contribution in [0.4, 0.5) is 0 Å². The lowest BCUT2D eigenvalue weighted by atomic mass is 10.1. The Labute approximate surface area is 153 Å². The molecule has 0 aliphatic heterocycles. The Balaban J connectivity index is 4.29. The quantitative estimate of drug-likeness (QED) is 0.172. The number of carbonyl (C=O) groups excluding carboxylic acids is 4. The van der Waals surface area contributed by atoms with E-state index in [-0.39, 0.29) is 25.0 Å². The van der Waals surface area contributed by atoms with Gasteiger partial charge in [-0.25, -0.2) is 0 Å². The number of ketones is 1. The molecule has 10 heteroatoms. The van der Waals surface area contributed by atoms with Gasteiger partial charge in [-0.05, 0) is 32.4 Å². The van der Waals surface area contributed by atoms with Gasteiger partial charge in [0.25, 0.3) is 0 Å². The van der Waals surface area contributed by atoms with E-state index in [0.717, 1.165) is 19.3 Å². The molecule has 2 atom stereocenters. The summed E-state index contributed by atoms with van der Waals surface area (Å²) in [5.74, 6) is -2.12. The molecule has 10 N–H and O–H groups in total. The highest BCUT2D eigenvalue weighted by Gasteiger charge is 2.24. The van der Waals surface area contributed by atoms with Gasteiger partial charge in [-0.2, -0.15) is 0 Å².